The molecule has 0 fully saturated rings. The highest BCUT2D eigenvalue weighted by atomic mass is 16.5. The van der Waals surface area contributed by atoms with Crippen LogP contribution in [0.5, 0.6) is 5.75 Å². The highest BCUT2D eigenvalue weighted by Gasteiger charge is 2.06. The van der Waals surface area contributed by atoms with E-state index in [2.05, 4.69) is 36.2 Å². The lowest BCUT2D eigenvalue weighted by molar-refractivity contribution is 0.252. The van der Waals surface area contributed by atoms with E-state index in [1.165, 1.54) is 6.33 Å². The normalized spacial score (nSPS) is 10.2. The van der Waals surface area contributed by atoms with Crippen molar-refractivity contribution in [2.45, 2.75) is 13.8 Å². The number of carbonyl (C=O) groups excluding carboxylic acids is 1. The number of para-hydroxylation sites is 2. The van der Waals surface area contributed by atoms with E-state index in [1.807, 2.05) is 44.2 Å². The smallest absolute Gasteiger partial charge is 0.319 e. The van der Waals surface area contributed by atoms with Crippen LogP contribution in [0.25, 0.3) is 0 Å². The van der Waals surface area contributed by atoms with Crippen LogP contribution in [0.4, 0.5) is 27.9 Å². The van der Waals surface area contributed by atoms with Crippen LogP contribution in [-0.4, -0.2) is 40.7 Å². The summed E-state index contributed by atoms with van der Waals surface area (Å²) in [6.07, 6.45) is 3.20. The molecule has 2 amide bonds. The molecule has 3 rings (SSSR count). The average molecular weight is 407 g/mol. The van der Waals surface area contributed by atoms with E-state index in [9.17, 15) is 4.79 Å². The number of carbonyl (C=O) groups is 1. The number of anilines is 4. The molecule has 0 radical (unpaired) electrons. The highest BCUT2D eigenvalue weighted by molar-refractivity contribution is 5.90. The SMILES string of the molecule is CCOc1ccccc1NC(=O)NCCNc1cc(Nc2cc(C)ccn2)ncn1. The number of benzene rings is 1. The lowest BCUT2D eigenvalue weighted by Gasteiger charge is -2.12. The van der Waals surface area contributed by atoms with Gasteiger partial charge in [0.25, 0.3) is 0 Å². The molecule has 3 aromatic rings. The molecule has 0 aliphatic heterocycles. The molecule has 1 aromatic carbocycles. The molecule has 2 aromatic heterocycles. The third kappa shape index (κ3) is 6.33. The molecule has 0 saturated heterocycles. The van der Waals surface area contributed by atoms with Crippen LogP contribution in [0.3, 0.4) is 0 Å². The van der Waals surface area contributed by atoms with Gasteiger partial charge < -0.3 is 26.0 Å². The van der Waals surface area contributed by atoms with E-state index >= 15 is 0 Å². The molecular formula is C21H25N7O2. The van der Waals surface area contributed by atoms with Crippen molar-refractivity contribution >= 4 is 29.2 Å². The number of pyridine rings is 1. The van der Waals surface area contributed by atoms with Gasteiger partial charge in [0.05, 0.1) is 12.3 Å². The van der Waals surface area contributed by atoms with E-state index in [-0.39, 0.29) is 6.03 Å². The summed E-state index contributed by atoms with van der Waals surface area (Å²) >= 11 is 0. The minimum atomic E-state index is -0.306. The fourth-order valence-corrected chi connectivity index (χ4v) is 2.64. The van der Waals surface area contributed by atoms with Gasteiger partial charge in [-0.3, -0.25) is 0 Å². The van der Waals surface area contributed by atoms with Gasteiger partial charge in [-0.25, -0.2) is 19.7 Å². The van der Waals surface area contributed by atoms with Crippen molar-refractivity contribution in [1.82, 2.24) is 20.3 Å². The lowest BCUT2D eigenvalue weighted by Crippen LogP contribution is -2.32. The molecule has 0 bridgehead atoms. The number of hydrogen-bond donors (Lipinski definition) is 4. The summed E-state index contributed by atoms with van der Waals surface area (Å²) in [6, 6.07) is 12.6. The first-order valence-corrected chi connectivity index (χ1v) is 9.66. The largest absolute Gasteiger partial charge is 0.492 e. The summed E-state index contributed by atoms with van der Waals surface area (Å²) in [6.45, 7) is 5.33. The van der Waals surface area contributed by atoms with Crippen molar-refractivity contribution in [3.05, 3.63) is 60.6 Å². The van der Waals surface area contributed by atoms with Crippen molar-refractivity contribution in [1.29, 1.82) is 0 Å². The van der Waals surface area contributed by atoms with Crippen LogP contribution in [-0.2, 0) is 0 Å². The minimum Gasteiger partial charge on any atom is -0.492 e. The van der Waals surface area contributed by atoms with Crippen molar-refractivity contribution in [2.75, 3.05) is 35.6 Å². The number of amides is 2. The Hall–Kier alpha value is -3.88. The number of aromatic nitrogens is 3. The fraction of sp³-hybridized carbons (Fsp3) is 0.238. The Morgan fingerprint density at radius 2 is 1.80 bits per heavy atom. The quantitative estimate of drug-likeness (QED) is 0.401. The summed E-state index contributed by atoms with van der Waals surface area (Å²) in [4.78, 5) is 24.8. The number of nitrogens with one attached hydrogen (secondary N) is 4. The van der Waals surface area contributed by atoms with Crippen LogP contribution < -0.4 is 26.0 Å². The molecule has 30 heavy (non-hydrogen) atoms. The Kier molecular flexibility index (Phi) is 7.37. The van der Waals surface area contributed by atoms with Gasteiger partial charge in [-0.15, -0.1) is 0 Å². The first kappa shape index (κ1) is 20.8. The first-order valence-electron chi connectivity index (χ1n) is 9.66. The molecule has 0 saturated carbocycles. The second-order valence-corrected chi connectivity index (χ2v) is 6.37. The zero-order valence-electron chi connectivity index (χ0n) is 17.0. The van der Waals surface area contributed by atoms with Crippen LogP contribution in [0.1, 0.15) is 12.5 Å². The average Bonchev–Trinajstić information content (AvgIpc) is 2.73. The van der Waals surface area contributed by atoms with Gasteiger partial charge in [-0.05, 0) is 43.7 Å². The summed E-state index contributed by atoms with van der Waals surface area (Å²) in [7, 11) is 0. The number of nitrogens with zero attached hydrogens (tertiary/aromatic N) is 3. The molecule has 4 N–H and O–H groups in total. The Morgan fingerprint density at radius 3 is 2.63 bits per heavy atom. The topological polar surface area (TPSA) is 113 Å². The monoisotopic (exact) mass is 407 g/mol. The second-order valence-electron chi connectivity index (χ2n) is 6.37. The number of ether oxygens (including phenoxy) is 1. The molecule has 156 valence electrons. The molecule has 0 unspecified atom stereocenters. The zero-order chi connectivity index (χ0) is 21.2. The van der Waals surface area contributed by atoms with Crippen LogP contribution in [0, 0.1) is 6.92 Å². The highest BCUT2D eigenvalue weighted by Crippen LogP contribution is 2.23. The predicted octanol–water partition coefficient (Wildman–Crippen LogP) is 3.56. The van der Waals surface area contributed by atoms with Crippen molar-refractivity contribution < 1.29 is 9.53 Å². The summed E-state index contributed by atoms with van der Waals surface area (Å²) in [5, 5.41) is 11.9. The molecule has 0 aliphatic carbocycles. The Bertz CT molecular complexity index is 981. The van der Waals surface area contributed by atoms with Gasteiger partial charge in [0.15, 0.2) is 0 Å². The number of aryl methyl sites for hydroxylation is 1. The third-order valence-electron chi connectivity index (χ3n) is 3.99. The van der Waals surface area contributed by atoms with Crippen LogP contribution >= 0.6 is 0 Å². The molecule has 2 heterocycles. The summed E-state index contributed by atoms with van der Waals surface area (Å²) in [5.41, 5.74) is 1.73. The molecule has 0 atom stereocenters. The van der Waals surface area contributed by atoms with Crippen molar-refractivity contribution in [3.63, 3.8) is 0 Å². The van der Waals surface area contributed by atoms with Crippen molar-refractivity contribution in [2.24, 2.45) is 0 Å². The van der Waals surface area contributed by atoms with Gasteiger partial charge in [-0.2, -0.15) is 0 Å². The standard InChI is InChI=1S/C21H25N7O2/c1-3-30-17-7-5-4-6-16(17)27-21(29)24-11-10-23-18-13-20(26-14-25-18)28-19-12-15(2)8-9-22-19/h4-9,12-14H,3,10-11H2,1-2H3,(H2,24,27,29)(H2,22,23,25,26,28). The number of urea groups is 1. The summed E-state index contributed by atoms with van der Waals surface area (Å²) in [5.74, 6) is 2.62. The third-order valence-corrected chi connectivity index (χ3v) is 3.99. The zero-order valence-corrected chi connectivity index (χ0v) is 17.0. The molecule has 9 heteroatoms. The van der Waals surface area contributed by atoms with Crippen LogP contribution in [0.15, 0.2) is 55.0 Å². The van der Waals surface area contributed by atoms with Gasteiger partial charge in [0.2, 0.25) is 0 Å². The van der Waals surface area contributed by atoms with Gasteiger partial charge in [-0.1, -0.05) is 12.1 Å². The van der Waals surface area contributed by atoms with E-state index in [0.717, 1.165) is 5.56 Å². The van der Waals surface area contributed by atoms with Gasteiger partial charge >= 0.3 is 6.03 Å². The maximum atomic E-state index is 12.1. The van der Waals surface area contributed by atoms with E-state index < -0.39 is 0 Å². The van der Waals surface area contributed by atoms with Crippen molar-refractivity contribution in [3.8, 4) is 5.75 Å². The van der Waals surface area contributed by atoms with Gasteiger partial charge in [0, 0.05) is 25.4 Å². The number of rotatable bonds is 9. The maximum absolute atomic E-state index is 12.1. The van der Waals surface area contributed by atoms with E-state index in [1.54, 1.807) is 18.3 Å². The lowest BCUT2D eigenvalue weighted by atomic mass is 10.3. The Morgan fingerprint density at radius 1 is 1.00 bits per heavy atom. The molecule has 0 aliphatic rings. The number of hydrogen-bond acceptors (Lipinski definition) is 7. The maximum Gasteiger partial charge on any atom is 0.319 e. The fourth-order valence-electron chi connectivity index (χ4n) is 2.64. The van der Waals surface area contributed by atoms with Gasteiger partial charge in [0.1, 0.15) is 29.5 Å². The first-order chi connectivity index (χ1) is 14.6. The van der Waals surface area contributed by atoms with E-state index in [0.29, 0.717) is 48.6 Å². The van der Waals surface area contributed by atoms with Crippen LogP contribution in [0.2, 0.25) is 0 Å². The van der Waals surface area contributed by atoms with E-state index in [4.69, 9.17) is 4.74 Å². The molecular weight excluding hydrogens is 382 g/mol. The second kappa shape index (κ2) is 10.6. The minimum absolute atomic E-state index is 0.306. The Balaban J connectivity index is 1.45. The molecule has 9 nitrogen and oxygen atoms in total. The predicted molar refractivity (Wildman–Crippen MR) is 117 cm³/mol. The summed E-state index contributed by atoms with van der Waals surface area (Å²) < 4.78 is 5.50. The molecule has 0 spiro atoms. The Labute approximate surface area is 175 Å².